The summed E-state index contributed by atoms with van der Waals surface area (Å²) in [4.78, 5) is 4.37. The molecule has 2 rings (SSSR count). The van der Waals surface area contributed by atoms with Crippen LogP contribution in [0.15, 0.2) is 24.4 Å². The van der Waals surface area contributed by atoms with E-state index in [0.29, 0.717) is 5.92 Å². The maximum Gasteiger partial charge on any atom is 0.139 e. The minimum atomic E-state index is -0.00328. The number of methoxy groups -OCH3 is 1. The average Bonchev–Trinajstić information content (AvgIpc) is 2.79. The monoisotopic (exact) mass is 260 g/mol. The van der Waals surface area contributed by atoms with Crippen LogP contribution in [-0.4, -0.2) is 21.8 Å². The average molecular weight is 260 g/mol. The van der Waals surface area contributed by atoms with E-state index >= 15 is 0 Å². The Morgan fingerprint density at radius 2 is 2.11 bits per heavy atom. The Labute approximate surface area is 113 Å². The summed E-state index contributed by atoms with van der Waals surface area (Å²) < 4.78 is 7.30. The first-order valence-electron chi connectivity index (χ1n) is 6.38. The third-order valence-electron chi connectivity index (χ3n) is 3.36. The minimum Gasteiger partial charge on any atom is -0.496 e. The van der Waals surface area contributed by atoms with Crippen LogP contribution in [0.4, 0.5) is 0 Å². The van der Waals surface area contributed by atoms with Crippen molar-refractivity contribution in [2.45, 2.75) is 26.4 Å². The molecule has 4 nitrogen and oxygen atoms in total. The number of aromatic nitrogens is 2. The van der Waals surface area contributed by atoms with Gasteiger partial charge in [0.25, 0.3) is 0 Å². The number of imidazole rings is 1. The lowest BCUT2D eigenvalue weighted by Gasteiger charge is -2.13. The summed E-state index contributed by atoms with van der Waals surface area (Å²) in [7, 11) is 3.60. The molecule has 0 aliphatic heterocycles. The van der Waals surface area contributed by atoms with Gasteiger partial charge < -0.3 is 14.4 Å². The van der Waals surface area contributed by atoms with Gasteiger partial charge in [0.15, 0.2) is 0 Å². The molecule has 0 radical (unpaired) electrons. The van der Waals surface area contributed by atoms with E-state index in [4.69, 9.17) is 4.74 Å². The van der Waals surface area contributed by atoms with Crippen molar-refractivity contribution in [2.24, 2.45) is 7.05 Å². The van der Waals surface area contributed by atoms with Crippen LogP contribution in [0, 0.1) is 0 Å². The topological polar surface area (TPSA) is 47.3 Å². The second-order valence-corrected chi connectivity index (χ2v) is 4.90. The third kappa shape index (κ3) is 2.49. The van der Waals surface area contributed by atoms with Gasteiger partial charge in [0.2, 0.25) is 0 Å². The highest BCUT2D eigenvalue weighted by atomic mass is 16.5. The fraction of sp³-hybridized carbons (Fsp3) is 0.400. The van der Waals surface area contributed by atoms with Gasteiger partial charge >= 0.3 is 0 Å². The van der Waals surface area contributed by atoms with Gasteiger partial charge in [0.05, 0.1) is 25.6 Å². The maximum atomic E-state index is 9.22. The predicted octanol–water partition coefficient (Wildman–Crippen LogP) is 2.71. The molecule has 0 fully saturated rings. The van der Waals surface area contributed by atoms with E-state index in [-0.39, 0.29) is 6.61 Å². The Morgan fingerprint density at radius 3 is 2.63 bits per heavy atom. The highest BCUT2D eigenvalue weighted by Crippen LogP contribution is 2.31. The zero-order valence-corrected chi connectivity index (χ0v) is 11.8. The smallest absolute Gasteiger partial charge is 0.139 e. The molecule has 1 aromatic heterocycles. The van der Waals surface area contributed by atoms with Crippen LogP contribution in [0.25, 0.3) is 11.4 Å². The van der Waals surface area contributed by atoms with Gasteiger partial charge in [0, 0.05) is 12.6 Å². The molecule has 0 aliphatic rings. The number of ether oxygens (including phenoxy) is 1. The molecule has 0 aliphatic carbocycles. The van der Waals surface area contributed by atoms with Crippen LogP contribution in [0.1, 0.15) is 31.0 Å². The lowest BCUT2D eigenvalue weighted by molar-refractivity contribution is 0.273. The summed E-state index contributed by atoms with van der Waals surface area (Å²) in [5, 5.41) is 9.22. The highest BCUT2D eigenvalue weighted by molar-refractivity contribution is 5.60. The number of rotatable bonds is 4. The highest BCUT2D eigenvalue weighted by Gasteiger charge is 2.13. The van der Waals surface area contributed by atoms with Gasteiger partial charge in [-0.3, -0.25) is 0 Å². The lowest BCUT2D eigenvalue weighted by Crippen LogP contribution is -2.00. The van der Waals surface area contributed by atoms with Gasteiger partial charge in [-0.1, -0.05) is 13.8 Å². The number of benzene rings is 1. The zero-order valence-electron chi connectivity index (χ0n) is 11.8. The van der Waals surface area contributed by atoms with Gasteiger partial charge in [-0.15, -0.1) is 0 Å². The summed E-state index contributed by atoms with van der Waals surface area (Å²) in [6.07, 6.45) is 1.70. The first kappa shape index (κ1) is 13.6. The van der Waals surface area contributed by atoms with Crippen molar-refractivity contribution in [1.29, 1.82) is 0 Å². The molecular weight excluding hydrogens is 240 g/mol. The normalized spacial score (nSPS) is 11.1. The molecule has 0 saturated heterocycles. The van der Waals surface area contributed by atoms with E-state index in [9.17, 15) is 5.11 Å². The van der Waals surface area contributed by atoms with Crippen LogP contribution in [0.5, 0.6) is 5.75 Å². The van der Waals surface area contributed by atoms with Gasteiger partial charge in [-0.05, 0) is 29.7 Å². The first-order chi connectivity index (χ1) is 9.08. The summed E-state index contributed by atoms with van der Waals surface area (Å²) in [6.45, 7) is 4.27. The zero-order chi connectivity index (χ0) is 14.0. The van der Waals surface area contributed by atoms with E-state index < -0.39 is 0 Å². The van der Waals surface area contributed by atoms with Gasteiger partial charge in [-0.25, -0.2) is 4.98 Å². The van der Waals surface area contributed by atoms with Crippen molar-refractivity contribution >= 4 is 0 Å². The quantitative estimate of drug-likeness (QED) is 0.919. The Hall–Kier alpha value is -1.81. The van der Waals surface area contributed by atoms with Crippen LogP contribution in [-0.2, 0) is 13.7 Å². The summed E-state index contributed by atoms with van der Waals surface area (Å²) in [5.74, 6) is 2.14. The summed E-state index contributed by atoms with van der Waals surface area (Å²) in [6, 6.07) is 6.07. The second kappa shape index (κ2) is 5.45. The van der Waals surface area contributed by atoms with E-state index in [2.05, 4.69) is 24.9 Å². The maximum absolute atomic E-state index is 9.22. The Morgan fingerprint density at radius 1 is 1.37 bits per heavy atom. The third-order valence-corrected chi connectivity index (χ3v) is 3.36. The first-order valence-corrected chi connectivity index (χ1v) is 6.38. The number of aliphatic hydroxyl groups excluding tert-OH is 1. The van der Waals surface area contributed by atoms with Gasteiger partial charge in [0.1, 0.15) is 11.6 Å². The minimum absolute atomic E-state index is 0.00328. The van der Waals surface area contributed by atoms with Crippen LogP contribution < -0.4 is 4.74 Å². The van der Waals surface area contributed by atoms with Crippen LogP contribution in [0.3, 0.4) is 0 Å². The van der Waals surface area contributed by atoms with Crippen molar-refractivity contribution in [3.05, 3.63) is 35.7 Å². The largest absolute Gasteiger partial charge is 0.496 e. The van der Waals surface area contributed by atoms with E-state index in [1.807, 2.05) is 23.7 Å². The molecule has 0 saturated carbocycles. The van der Waals surface area contributed by atoms with Crippen LogP contribution >= 0.6 is 0 Å². The molecule has 1 heterocycles. The van der Waals surface area contributed by atoms with Crippen molar-refractivity contribution in [1.82, 2.24) is 9.55 Å². The fourth-order valence-electron chi connectivity index (χ4n) is 2.18. The Bertz CT molecular complexity index is 574. The van der Waals surface area contributed by atoms with E-state index in [1.165, 1.54) is 0 Å². The molecule has 4 heteroatoms. The summed E-state index contributed by atoms with van der Waals surface area (Å²) >= 11 is 0. The molecule has 2 aromatic rings. The predicted molar refractivity (Wildman–Crippen MR) is 75.2 cm³/mol. The second-order valence-electron chi connectivity index (χ2n) is 4.90. The molecule has 0 atom stereocenters. The Kier molecular flexibility index (Phi) is 3.90. The summed E-state index contributed by atoms with van der Waals surface area (Å²) in [5.41, 5.74) is 3.00. The van der Waals surface area contributed by atoms with Crippen molar-refractivity contribution < 1.29 is 9.84 Å². The molecule has 0 bridgehead atoms. The number of aliphatic hydroxyl groups is 1. The van der Waals surface area contributed by atoms with Crippen LogP contribution in [0.2, 0.25) is 0 Å². The lowest BCUT2D eigenvalue weighted by atomic mass is 9.99. The standard InChI is InChI=1S/C15H20N2O2/c1-10(2)13-7-11(5-6-14(13)19-4)15-16-8-12(9-18)17(15)3/h5-8,10,18H,9H2,1-4H3. The van der Waals surface area contributed by atoms with E-state index in [0.717, 1.165) is 28.4 Å². The SMILES string of the molecule is COc1ccc(-c2ncc(CO)n2C)cc1C(C)C. The van der Waals surface area contributed by atoms with E-state index in [1.54, 1.807) is 13.3 Å². The fourth-order valence-corrected chi connectivity index (χ4v) is 2.18. The molecule has 0 spiro atoms. The molecule has 0 unspecified atom stereocenters. The molecule has 1 N–H and O–H groups in total. The molecule has 0 amide bonds. The molecule has 19 heavy (non-hydrogen) atoms. The number of hydrogen-bond donors (Lipinski definition) is 1. The Balaban J connectivity index is 2.51. The number of nitrogens with zero attached hydrogens (tertiary/aromatic N) is 2. The molecule has 102 valence electrons. The molecule has 1 aromatic carbocycles. The number of hydrogen-bond acceptors (Lipinski definition) is 3. The van der Waals surface area contributed by atoms with Crippen molar-refractivity contribution in [2.75, 3.05) is 7.11 Å². The van der Waals surface area contributed by atoms with Crippen molar-refractivity contribution in [3.8, 4) is 17.1 Å². The van der Waals surface area contributed by atoms with Gasteiger partial charge in [-0.2, -0.15) is 0 Å². The molecular formula is C15H20N2O2. The van der Waals surface area contributed by atoms with Crippen molar-refractivity contribution in [3.63, 3.8) is 0 Å².